The van der Waals surface area contributed by atoms with E-state index in [9.17, 15) is 14.4 Å². The summed E-state index contributed by atoms with van der Waals surface area (Å²) in [5, 5.41) is 5.46. The highest BCUT2D eigenvalue weighted by atomic mass is 16.5. The molecule has 0 atom stereocenters. The van der Waals surface area contributed by atoms with Crippen molar-refractivity contribution in [3.63, 3.8) is 0 Å². The lowest BCUT2D eigenvalue weighted by Crippen LogP contribution is -2.44. The molecular formula is C19H27N3O4. The average molecular weight is 361 g/mol. The van der Waals surface area contributed by atoms with Crippen LogP contribution in [0.25, 0.3) is 0 Å². The van der Waals surface area contributed by atoms with Crippen molar-refractivity contribution in [2.75, 3.05) is 38.6 Å². The molecular weight excluding hydrogens is 334 g/mol. The first-order valence-corrected chi connectivity index (χ1v) is 8.83. The van der Waals surface area contributed by atoms with Crippen molar-refractivity contribution < 1.29 is 19.1 Å². The Labute approximate surface area is 154 Å². The third kappa shape index (κ3) is 5.56. The van der Waals surface area contributed by atoms with Crippen LogP contribution in [0, 0.1) is 19.8 Å². The zero-order valence-corrected chi connectivity index (χ0v) is 15.6. The Morgan fingerprint density at radius 1 is 1.15 bits per heavy atom. The molecule has 7 heteroatoms. The van der Waals surface area contributed by atoms with E-state index >= 15 is 0 Å². The molecule has 0 spiro atoms. The molecule has 0 unspecified atom stereocenters. The number of nitrogens with one attached hydrogen (secondary N) is 2. The van der Waals surface area contributed by atoms with Crippen LogP contribution in [0.15, 0.2) is 18.2 Å². The Kier molecular flexibility index (Phi) is 7.15. The van der Waals surface area contributed by atoms with Crippen molar-refractivity contribution in [2.45, 2.75) is 26.7 Å². The van der Waals surface area contributed by atoms with Crippen LogP contribution in [-0.4, -0.2) is 56.0 Å². The molecule has 2 amide bonds. The van der Waals surface area contributed by atoms with E-state index in [1.54, 1.807) is 0 Å². The van der Waals surface area contributed by atoms with E-state index in [1.165, 1.54) is 7.11 Å². The van der Waals surface area contributed by atoms with E-state index in [-0.39, 0.29) is 36.8 Å². The van der Waals surface area contributed by atoms with Gasteiger partial charge in [-0.3, -0.25) is 19.3 Å². The van der Waals surface area contributed by atoms with Crippen LogP contribution in [-0.2, 0) is 19.1 Å². The second kappa shape index (κ2) is 9.33. The number of rotatable bonds is 6. The molecule has 2 rings (SSSR count). The third-order valence-corrected chi connectivity index (χ3v) is 4.81. The largest absolute Gasteiger partial charge is 0.469 e. The van der Waals surface area contributed by atoms with Gasteiger partial charge in [-0.25, -0.2) is 0 Å². The quantitative estimate of drug-likeness (QED) is 0.745. The second-order valence-corrected chi connectivity index (χ2v) is 6.65. The number of esters is 1. The average Bonchev–Trinajstić information content (AvgIpc) is 2.64. The van der Waals surface area contributed by atoms with Crippen molar-refractivity contribution in [1.82, 2.24) is 10.2 Å². The molecule has 1 aliphatic rings. The molecule has 0 aromatic heterocycles. The van der Waals surface area contributed by atoms with Gasteiger partial charge in [0.25, 0.3) is 0 Å². The molecule has 0 radical (unpaired) electrons. The van der Waals surface area contributed by atoms with Gasteiger partial charge in [0, 0.05) is 5.69 Å². The Morgan fingerprint density at radius 2 is 1.85 bits per heavy atom. The Bertz CT molecular complexity index is 667. The summed E-state index contributed by atoms with van der Waals surface area (Å²) in [7, 11) is 1.39. The van der Waals surface area contributed by atoms with Crippen LogP contribution in [0.2, 0.25) is 0 Å². The van der Waals surface area contributed by atoms with Gasteiger partial charge in [-0.05, 0) is 57.0 Å². The first-order chi connectivity index (χ1) is 12.4. The predicted molar refractivity (Wildman–Crippen MR) is 98.7 cm³/mol. The van der Waals surface area contributed by atoms with Gasteiger partial charge in [-0.15, -0.1) is 0 Å². The maximum absolute atomic E-state index is 12.0. The lowest BCUT2D eigenvalue weighted by atomic mass is 9.97. The summed E-state index contributed by atoms with van der Waals surface area (Å²) >= 11 is 0. The highest BCUT2D eigenvalue weighted by molar-refractivity contribution is 5.95. The molecule has 1 heterocycles. The van der Waals surface area contributed by atoms with Gasteiger partial charge in [0.05, 0.1) is 26.1 Å². The van der Waals surface area contributed by atoms with E-state index in [0.29, 0.717) is 25.9 Å². The number of hydrogen-bond acceptors (Lipinski definition) is 5. The summed E-state index contributed by atoms with van der Waals surface area (Å²) in [5.74, 6) is -0.714. The number of benzene rings is 1. The van der Waals surface area contributed by atoms with E-state index in [1.807, 2.05) is 36.9 Å². The lowest BCUT2D eigenvalue weighted by Gasteiger charge is -2.29. The topological polar surface area (TPSA) is 87.7 Å². The van der Waals surface area contributed by atoms with Crippen LogP contribution >= 0.6 is 0 Å². The molecule has 0 aliphatic carbocycles. The van der Waals surface area contributed by atoms with Crippen molar-refractivity contribution in [2.24, 2.45) is 5.92 Å². The number of methoxy groups -OCH3 is 1. The fourth-order valence-corrected chi connectivity index (χ4v) is 3.01. The first-order valence-electron chi connectivity index (χ1n) is 8.83. The summed E-state index contributed by atoms with van der Waals surface area (Å²) in [4.78, 5) is 37.6. The van der Waals surface area contributed by atoms with Crippen LogP contribution < -0.4 is 10.6 Å². The van der Waals surface area contributed by atoms with Gasteiger partial charge in [0.15, 0.2) is 0 Å². The van der Waals surface area contributed by atoms with Crippen molar-refractivity contribution in [3.8, 4) is 0 Å². The number of carbonyl (C=O) groups is 3. The van der Waals surface area contributed by atoms with Gasteiger partial charge in [0.1, 0.15) is 0 Å². The molecule has 7 nitrogen and oxygen atoms in total. The monoisotopic (exact) mass is 361 g/mol. The summed E-state index contributed by atoms with van der Waals surface area (Å²) in [6.45, 7) is 5.43. The normalized spacial score (nSPS) is 15.3. The fraction of sp³-hybridized carbons (Fsp3) is 0.526. The SMILES string of the molecule is COC(=O)C1CCN(CC(=O)NCC(=O)Nc2cccc(C)c2C)CC1. The number of hydrogen-bond donors (Lipinski definition) is 2. The first kappa shape index (κ1) is 19.9. The van der Waals surface area contributed by atoms with Gasteiger partial charge in [-0.1, -0.05) is 12.1 Å². The van der Waals surface area contributed by atoms with Crippen LogP contribution in [0.3, 0.4) is 0 Å². The van der Waals surface area contributed by atoms with Crippen molar-refractivity contribution in [3.05, 3.63) is 29.3 Å². The minimum atomic E-state index is -0.253. The molecule has 0 saturated carbocycles. The molecule has 142 valence electrons. The van der Waals surface area contributed by atoms with Crippen LogP contribution in [0.4, 0.5) is 5.69 Å². The van der Waals surface area contributed by atoms with Crippen molar-refractivity contribution in [1.29, 1.82) is 0 Å². The highest BCUT2D eigenvalue weighted by Crippen LogP contribution is 2.18. The maximum Gasteiger partial charge on any atom is 0.308 e. The van der Waals surface area contributed by atoms with E-state index in [0.717, 1.165) is 16.8 Å². The Morgan fingerprint density at radius 3 is 2.50 bits per heavy atom. The maximum atomic E-state index is 12.0. The zero-order valence-electron chi connectivity index (χ0n) is 15.6. The molecule has 0 bridgehead atoms. The van der Waals surface area contributed by atoms with Crippen LogP contribution in [0.1, 0.15) is 24.0 Å². The smallest absolute Gasteiger partial charge is 0.308 e. The summed E-state index contributed by atoms with van der Waals surface area (Å²) < 4.78 is 4.75. The summed E-state index contributed by atoms with van der Waals surface area (Å²) in [6.07, 6.45) is 1.38. The minimum Gasteiger partial charge on any atom is -0.469 e. The highest BCUT2D eigenvalue weighted by Gasteiger charge is 2.26. The molecule has 1 aromatic rings. The number of ether oxygens (including phenoxy) is 1. The number of likely N-dealkylation sites (tertiary alicyclic amines) is 1. The molecule has 26 heavy (non-hydrogen) atoms. The predicted octanol–water partition coefficient (Wildman–Crippen LogP) is 1.24. The molecule has 1 saturated heterocycles. The number of amides is 2. The lowest BCUT2D eigenvalue weighted by molar-refractivity contribution is -0.147. The molecule has 2 N–H and O–H groups in total. The number of aryl methyl sites for hydroxylation is 1. The van der Waals surface area contributed by atoms with Gasteiger partial charge >= 0.3 is 5.97 Å². The third-order valence-electron chi connectivity index (χ3n) is 4.81. The molecule has 1 aliphatic heterocycles. The minimum absolute atomic E-state index is 0.0646. The second-order valence-electron chi connectivity index (χ2n) is 6.65. The standard InChI is InChI=1S/C19H27N3O4/c1-13-5-4-6-16(14(13)2)21-17(23)11-20-18(24)12-22-9-7-15(8-10-22)19(25)26-3/h4-6,15H,7-12H2,1-3H3,(H,20,24)(H,21,23). The number of piperidine rings is 1. The summed E-state index contributed by atoms with van der Waals surface area (Å²) in [6, 6.07) is 5.71. The zero-order chi connectivity index (χ0) is 19.1. The molecule has 1 aromatic carbocycles. The number of carbonyl (C=O) groups excluding carboxylic acids is 3. The van der Waals surface area contributed by atoms with Gasteiger partial charge < -0.3 is 15.4 Å². The van der Waals surface area contributed by atoms with Crippen molar-refractivity contribution >= 4 is 23.5 Å². The number of anilines is 1. The van der Waals surface area contributed by atoms with E-state index in [2.05, 4.69) is 10.6 Å². The number of nitrogens with zero attached hydrogens (tertiary/aromatic N) is 1. The summed E-state index contributed by atoms with van der Waals surface area (Å²) in [5.41, 5.74) is 2.87. The van der Waals surface area contributed by atoms with E-state index in [4.69, 9.17) is 4.74 Å². The van der Waals surface area contributed by atoms with Gasteiger partial charge in [-0.2, -0.15) is 0 Å². The van der Waals surface area contributed by atoms with Crippen LogP contribution in [0.5, 0.6) is 0 Å². The Hall–Kier alpha value is -2.41. The Balaban J connectivity index is 1.71. The fourth-order valence-electron chi connectivity index (χ4n) is 3.01. The molecule has 1 fully saturated rings. The van der Waals surface area contributed by atoms with E-state index < -0.39 is 0 Å². The van der Waals surface area contributed by atoms with Gasteiger partial charge in [0.2, 0.25) is 11.8 Å².